The van der Waals surface area contributed by atoms with Crippen LogP contribution in [0.1, 0.15) is 30.6 Å². The fraction of sp³-hybridized carbons (Fsp3) is 0.364. The van der Waals surface area contributed by atoms with Crippen LogP contribution in [0.3, 0.4) is 0 Å². The van der Waals surface area contributed by atoms with Crippen molar-refractivity contribution in [2.45, 2.75) is 20.3 Å². The van der Waals surface area contributed by atoms with Crippen LogP contribution < -0.4 is 5.32 Å². The van der Waals surface area contributed by atoms with Crippen molar-refractivity contribution < 1.29 is 4.79 Å². The number of anilines is 1. The molecule has 0 heterocycles. The van der Waals surface area contributed by atoms with Crippen LogP contribution in [0.15, 0.2) is 24.3 Å². The van der Waals surface area contributed by atoms with Gasteiger partial charge in [-0.25, -0.2) is 0 Å². The number of hydrogen-bond acceptors (Lipinski definition) is 2. The third-order valence-electron chi connectivity index (χ3n) is 1.91. The van der Waals surface area contributed by atoms with E-state index in [4.69, 9.17) is 0 Å². The molecule has 0 aliphatic heterocycles. The summed E-state index contributed by atoms with van der Waals surface area (Å²) in [5, 5.41) is 3.18. The van der Waals surface area contributed by atoms with Gasteiger partial charge in [0.15, 0.2) is 5.78 Å². The van der Waals surface area contributed by atoms with Gasteiger partial charge in [-0.1, -0.05) is 6.92 Å². The number of Topliss-reactive ketones (excluding diaryl/α,β-unsaturated/α-hetero) is 1. The molecule has 0 aromatic heterocycles. The third kappa shape index (κ3) is 2.58. The lowest BCUT2D eigenvalue weighted by molar-refractivity contribution is 0.0988. The number of carbonyl (C=O) groups excluding carboxylic acids is 1. The lowest BCUT2D eigenvalue weighted by Gasteiger charge is -2.03. The summed E-state index contributed by atoms with van der Waals surface area (Å²) in [5.74, 6) is 0.197. The first kappa shape index (κ1) is 9.78. The zero-order chi connectivity index (χ0) is 9.68. The molecule has 1 aromatic rings. The zero-order valence-corrected chi connectivity index (χ0v) is 8.13. The number of rotatable bonds is 4. The minimum atomic E-state index is 0.197. The quantitative estimate of drug-likeness (QED) is 0.716. The Morgan fingerprint density at radius 2 is 1.85 bits per heavy atom. The molecule has 0 amide bonds. The lowest BCUT2D eigenvalue weighted by atomic mass is 10.1. The summed E-state index contributed by atoms with van der Waals surface area (Å²) in [6.45, 7) is 4.83. The first-order chi connectivity index (χ1) is 6.27. The second-order valence-corrected chi connectivity index (χ2v) is 2.88. The maximum Gasteiger partial charge on any atom is 0.162 e. The topological polar surface area (TPSA) is 29.1 Å². The van der Waals surface area contributed by atoms with Crippen molar-refractivity contribution in [1.82, 2.24) is 0 Å². The van der Waals surface area contributed by atoms with Crippen molar-refractivity contribution >= 4 is 11.5 Å². The molecule has 0 fully saturated rings. The highest BCUT2D eigenvalue weighted by Gasteiger charge is 2.01. The maximum absolute atomic E-state index is 11.3. The molecule has 0 spiro atoms. The second-order valence-electron chi connectivity index (χ2n) is 2.88. The fourth-order valence-electron chi connectivity index (χ4n) is 1.18. The second kappa shape index (κ2) is 4.65. The zero-order valence-electron chi connectivity index (χ0n) is 8.13. The van der Waals surface area contributed by atoms with E-state index in [0.29, 0.717) is 6.42 Å². The van der Waals surface area contributed by atoms with Crippen LogP contribution in [0, 0.1) is 0 Å². The molecule has 0 saturated carbocycles. The third-order valence-corrected chi connectivity index (χ3v) is 1.91. The maximum atomic E-state index is 11.3. The van der Waals surface area contributed by atoms with Gasteiger partial charge in [0.25, 0.3) is 0 Å². The highest BCUT2D eigenvalue weighted by Crippen LogP contribution is 2.10. The van der Waals surface area contributed by atoms with Crippen molar-refractivity contribution in [2.75, 3.05) is 11.9 Å². The molecule has 0 saturated heterocycles. The lowest BCUT2D eigenvalue weighted by Crippen LogP contribution is -1.99. The summed E-state index contributed by atoms with van der Waals surface area (Å²) in [6.07, 6.45) is 0.570. The first-order valence-corrected chi connectivity index (χ1v) is 4.65. The van der Waals surface area contributed by atoms with Crippen molar-refractivity contribution in [3.8, 4) is 0 Å². The normalized spacial score (nSPS) is 9.69. The Kier molecular flexibility index (Phi) is 3.50. The summed E-state index contributed by atoms with van der Waals surface area (Å²) < 4.78 is 0. The molecule has 2 heteroatoms. The standard InChI is InChI=1S/C11H15NO/c1-3-11(13)9-5-7-10(8-6-9)12-4-2/h5-8,12H,3-4H2,1-2H3. The van der Waals surface area contributed by atoms with Crippen LogP contribution in [-0.2, 0) is 0 Å². The van der Waals surface area contributed by atoms with Crippen LogP contribution in [0.25, 0.3) is 0 Å². The smallest absolute Gasteiger partial charge is 0.162 e. The van der Waals surface area contributed by atoms with Gasteiger partial charge >= 0.3 is 0 Å². The molecule has 1 N–H and O–H groups in total. The molecule has 13 heavy (non-hydrogen) atoms. The van der Waals surface area contributed by atoms with E-state index in [1.165, 1.54) is 0 Å². The minimum absolute atomic E-state index is 0.197. The average molecular weight is 177 g/mol. The monoisotopic (exact) mass is 177 g/mol. The summed E-state index contributed by atoms with van der Waals surface area (Å²) in [5.41, 5.74) is 1.86. The van der Waals surface area contributed by atoms with E-state index in [1.54, 1.807) is 0 Å². The van der Waals surface area contributed by atoms with Crippen LogP contribution in [0.5, 0.6) is 0 Å². The van der Waals surface area contributed by atoms with E-state index in [2.05, 4.69) is 5.32 Å². The molecule has 0 bridgehead atoms. The predicted molar refractivity (Wildman–Crippen MR) is 55.2 cm³/mol. The van der Waals surface area contributed by atoms with Gasteiger partial charge in [-0.05, 0) is 31.2 Å². The highest BCUT2D eigenvalue weighted by atomic mass is 16.1. The van der Waals surface area contributed by atoms with Gasteiger partial charge in [-0.3, -0.25) is 4.79 Å². The predicted octanol–water partition coefficient (Wildman–Crippen LogP) is 2.71. The SMILES string of the molecule is CCNc1ccc(C(=O)CC)cc1. The molecule has 70 valence electrons. The Hall–Kier alpha value is -1.31. The van der Waals surface area contributed by atoms with Crippen molar-refractivity contribution in [3.05, 3.63) is 29.8 Å². The van der Waals surface area contributed by atoms with Crippen LogP contribution in [-0.4, -0.2) is 12.3 Å². The van der Waals surface area contributed by atoms with E-state index >= 15 is 0 Å². The van der Waals surface area contributed by atoms with Gasteiger partial charge < -0.3 is 5.32 Å². The van der Waals surface area contributed by atoms with E-state index in [0.717, 1.165) is 17.8 Å². The fourth-order valence-corrected chi connectivity index (χ4v) is 1.18. The molecule has 1 rings (SSSR count). The van der Waals surface area contributed by atoms with Crippen LogP contribution in [0.2, 0.25) is 0 Å². The number of carbonyl (C=O) groups is 1. The molecule has 0 radical (unpaired) electrons. The summed E-state index contributed by atoms with van der Waals surface area (Å²) in [6, 6.07) is 7.60. The van der Waals surface area contributed by atoms with Crippen LogP contribution >= 0.6 is 0 Å². The van der Waals surface area contributed by atoms with E-state index < -0.39 is 0 Å². The van der Waals surface area contributed by atoms with E-state index in [-0.39, 0.29) is 5.78 Å². The summed E-state index contributed by atoms with van der Waals surface area (Å²) in [7, 11) is 0. The van der Waals surface area contributed by atoms with Gasteiger partial charge in [0.2, 0.25) is 0 Å². The first-order valence-electron chi connectivity index (χ1n) is 4.65. The van der Waals surface area contributed by atoms with Crippen molar-refractivity contribution in [3.63, 3.8) is 0 Å². The number of benzene rings is 1. The Balaban J connectivity index is 2.75. The van der Waals surface area contributed by atoms with E-state index in [9.17, 15) is 4.79 Å². The molecule has 0 aliphatic carbocycles. The Morgan fingerprint density at radius 1 is 1.23 bits per heavy atom. The molecular formula is C11H15NO. The summed E-state index contributed by atoms with van der Waals surface area (Å²) >= 11 is 0. The van der Waals surface area contributed by atoms with Crippen molar-refractivity contribution in [2.24, 2.45) is 0 Å². The molecule has 0 aliphatic rings. The average Bonchev–Trinajstić information content (AvgIpc) is 2.18. The van der Waals surface area contributed by atoms with Crippen LogP contribution in [0.4, 0.5) is 5.69 Å². The Labute approximate surface area is 79.0 Å². The molecule has 2 nitrogen and oxygen atoms in total. The van der Waals surface area contributed by atoms with E-state index in [1.807, 2.05) is 38.1 Å². The molecule has 1 aromatic carbocycles. The van der Waals surface area contributed by atoms with Gasteiger partial charge in [0, 0.05) is 24.2 Å². The highest BCUT2D eigenvalue weighted by molar-refractivity contribution is 5.96. The number of nitrogens with one attached hydrogen (secondary N) is 1. The largest absolute Gasteiger partial charge is 0.385 e. The minimum Gasteiger partial charge on any atom is -0.385 e. The molecule has 0 unspecified atom stereocenters. The Morgan fingerprint density at radius 3 is 2.31 bits per heavy atom. The Bertz CT molecular complexity index is 277. The van der Waals surface area contributed by atoms with Gasteiger partial charge in [-0.2, -0.15) is 0 Å². The van der Waals surface area contributed by atoms with Gasteiger partial charge in [0.05, 0.1) is 0 Å². The number of ketones is 1. The summed E-state index contributed by atoms with van der Waals surface area (Å²) in [4.78, 5) is 11.3. The molecular weight excluding hydrogens is 162 g/mol. The van der Waals surface area contributed by atoms with Gasteiger partial charge in [-0.15, -0.1) is 0 Å². The molecule has 0 atom stereocenters. The number of hydrogen-bond donors (Lipinski definition) is 1. The van der Waals surface area contributed by atoms with Crippen molar-refractivity contribution in [1.29, 1.82) is 0 Å². The van der Waals surface area contributed by atoms with Gasteiger partial charge in [0.1, 0.15) is 0 Å².